The van der Waals surface area contributed by atoms with Gasteiger partial charge in [-0.15, -0.1) is 0 Å². The summed E-state index contributed by atoms with van der Waals surface area (Å²) in [5.74, 6) is -3.00. The van der Waals surface area contributed by atoms with Crippen LogP contribution in [0, 0.1) is 15.2 Å². The molecule has 0 atom stereocenters. The van der Waals surface area contributed by atoms with Crippen LogP contribution in [0.2, 0.25) is 5.02 Å². The lowest BCUT2D eigenvalue weighted by molar-refractivity contribution is 0.103. The molecule has 0 radical (unpaired) electrons. The highest BCUT2D eigenvalue weighted by Gasteiger charge is 2.22. The smallest absolute Gasteiger partial charge is 0.198 e. The van der Waals surface area contributed by atoms with Crippen molar-refractivity contribution in [2.45, 2.75) is 0 Å². The molecule has 0 spiro atoms. The summed E-state index contributed by atoms with van der Waals surface area (Å²) in [5.41, 5.74) is -0.220. The Hall–Kier alpha value is -0.530. The molecular weight excluding hydrogens is 452 g/mol. The molecule has 2 aromatic rings. The molecule has 0 aliphatic heterocycles. The van der Waals surface area contributed by atoms with E-state index in [2.05, 4.69) is 15.9 Å². The van der Waals surface area contributed by atoms with Crippen molar-refractivity contribution in [2.24, 2.45) is 0 Å². The molecule has 2 aromatic carbocycles. The lowest BCUT2D eigenvalue weighted by atomic mass is 10.0. The topological polar surface area (TPSA) is 17.1 Å². The van der Waals surface area contributed by atoms with Gasteiger partial charge in [-0.25, -0.2) is 8.78 Å². The summed E-state index contributed by atoms with van der Waals surface area (Å²) in [7, 11) is 0. The predicted octanol–water partition coefficient (Wildman–Crippen LogP) is 5.22. The fraction of sp³-hybridized carbons (Fsp3) is 0. The van der Waals surface area contributed by atoms with E-state index in [1.165, 1.54) is 0 Å². The van der Waals surface area contributed by atoms with E-state index in [0.29, 0.717) is 4.47 Å². The Morgan fingerprint density at radius 3 is 2.58 bits per heavy atom. The van der Waals surface area contributed by atoms with Gasteiger partial charge in [0.05, 0.1) is 10.6 Å². The highest BCUT2D eigenvalue weighted by molar-refractivity contribution is 14.1. The lowest BCUT2D eigenvalue weighted by Crippen LogP contribution is -2.08. The van der Waals surface area contributed by atoms with Gasteiger partial charge in [-0.2, -0.15) is 0 Å². The quantitative estimate of drug-likeness (QED) is 0.344. The van der Waals surface area contributed by atoms with Gasteiger partial charge in [0, 0.05) is 13.6 Å². The van der Waals surface area contributed by atoms with Crippen LogP contribution in [0.4, 0.5) is 8.78 Å². The molecule has 6 heteroatoms. The van der Waals surface area contributed by atoms with E-state index in [1.54, 1.807) is 18.2 Å². The van der Waals surface area contributed by atoms with E-state index in [9.17, 15) is 13.6 Å². The molecule has 0 amide bonds. The van der Waals surface area contributed by atoms with Gasteiger partial charge < -0.3 is 0 Å². The number of benzene rings is 2. The minimum atomic E-state index is -1.23. The molecule has 0 aromatic heterocycles. The van der Waals surface area contributed by atoms with Crippen molar-refractivity contribution in [3.05, 3.63) is 66.2 Å². The highest BCUT2D eigenvalue weighted by atomic mass is 127. The van der Waals surface area contributed by atoms with Crippen molar-refractivity contribution >= 4 is 55.9 Å². The average molecular weight is 457 g/mol. The number of halogens is 5. The number of hydrogen-bond donors (Lipinski definition) is 0. The van der Waals surface area contributed by atoms with Crippen molar-refractivity contribution in [1.82, 2.24) is 0 Å². The number of hydrogen-bond acceptors (Lipinski definition) is 1. The zero-order chi connectivity index (χ0) is 14.2. The van der Waals surface area contributed by atoms with E-state index in [-0.39, 0.29) is 10.6 Å². The molecule has 19 heavy (non-hydrogen) atoms. The molecule has 0 aliphatic carbocycles. The first-order chi connectivity index (χ1) is 8.91. The van der Waals surface area contributed by atoms with Crippen molar-refractivity contribution in [1.29, 1.82) is 0 Å². The summed E-state index contributed by atoms with van der Waals surface area (Å²) in [4.78, 5) is 12.3. The maximum absolute atomic E-state index is 13.7. The summed E-state index contributed by atoms with van der Waals surface area (Å²) in [6, 6.07) is 7.08. The summed E-state index contributed by atoms with van der Waals surface area (Å²) in [5, 5.41) is -0.116. The van der Waals surface area contributed by atoms with Crippen LogP contribution in [0.5, 0.6) is 0 Å². The second-order valence-electron chi connectivity index (χ2n) is 3.67. The maximum Gasteiger partial charge on any atom is 0.198 e. The third-order valence-electron chi connectivity index (χ3n) is 2.44. The van der Waals surface area contributed by atoms with Crippen LogP contribution in [0.3, 0.4) is 0 Å². The molecule has 0 saturated heterocycles. The van der Waals surface area contributed by atoms with E-state index < -0.39 is 23.0 Å². The van der Waals surface area contributed by atoms with Crippen LogP contribution >= 0.6 is 50.1 Å². The zero-order valence-electron chi connectivity index (χ0n) is 9.18. The summed E-state index contributed by atoms with van der Waals surface area (Å²) in [6.45, 7) is 0. The number of ketones is 1. The Morgan fingerprint density at radius 1 is 1.21 bits per heavy atom. The Bertz CT molecular complexity index is 676. The van der Waals surface area contributed by atoms with E-state index in [1.807, 2.05) is 22.6 Å². The summed E-state index contributed by atoms with van der Waals surface area (Å²) < 4.78 is 28.3. The summed E-state index contributed by atoms with van der Waals surface area (Å²) >= 11 is 11.0. The minimum Gasteiger partial charge on any atom is -0.288 e. The van der Waals surface area contributed by atoms with Gasteiger partial charge in [0.1, 0.15) is 0 Å². The molecular formula is C13H5BrClF2IO. The van der Waals surface area contributed by atoms with Crippen LogP contribution < -0.4 is 0 Å². The molecule has 0 bridgehead atoms. The SMILES string of the molecule is O=C(c1cc(I)ccc1Br)c1c(Cl)ccc(F)c1F. The van der Waals surface area contributed by atoms with Crippen LogP contribution in [-0.2, 0) is 0 Å². The van der Waals surface area contributed by atoms with E-state index >= 15 is 0 Å². The molecule has 0 N–H and O–H groups in total. The minimum absolute atomic E-state index is 0.116. The first kappa shape index (κ1) is 14.9. The molecule has 0 unspecified atom stereocenters. The normalized spacial score (nSPS) is 10.6. The molecule has 0 fully saturated rings. The van der Waals surface area contributed by atoms with Gasteiger partial charge in [-0.1, -0.05) is 27.5 Å². The predicted molar refractivity (Wildman–Crippen MR) is 81.7 cm³/mol. The van der Waals surface area contributed by atoms with Crippen molar-refractivity contribution in [3.63, 3.8) is 0 Å². The molecule has 98 valence electrons. The molecule has 0 saturated carbocycles. The van der Waals surface area contributed by atoms with Gasteiger partial charge in [0.2, 0.25) is 0 Å². The van der Waals surface area contributed by atoms with Crippen molar-refractivity contribution < 1.29 is 13.6 Å². The van der Waals surface area contributed by atoms with Gasteiger partial charge >= 0.3 is 0 Å². The number of carbonyl (C=O) groups is 1. The molecule has 2 rings (SSSR count). The first-order valence-electron chi connectivity index (χ1n) is 5.05. The Labute approximate surface area is 135 Å². The molecule has 0 heterocycles. The van der Waals surface area contributed by atoms with Gasteiger partial charge in [-0.3, -0.25) is 4.79 Å². The van der Waals surface area contributed by atoms with E-state index in [4.69, 9.17) is 11.6 Å². The average Bonchev–Trinajstić information content (AvgIpc) is 2.37. The third-order valence-corrected chi connectivity index (χ3v) is 4.12. The van der Waals surface area contributed by atoms with Crippen LogP contribution in [0.1, 0.15) is 15.9 Å². The third kappa shape index (κ3) is 2.98. The van der Waals surface area contributed by atoms with Gasteiger partial charge in [0.25, 0.3) is 0 Å². The Kier molecular flexibility index (Phi) is 4.58. The summed E-state index contributed by atoms with van der Waals surface area (Å²) in [6.07, 6.45) is 0. The maximum atomic E-state index is 13.7. The molecule has 0 aliphatic rings. The second kappa shape index (κ2) is 5.85. The van der Waals surface area contributed by atoms with Crippen molar-refractivity contribution in [3.8, 4) is 0 Å². The second-order valence-corrected chi connectivity index (χ2v) is 6.18. The molecule has 1 nitrogen and oxygen atoms in total. The Morgan fingerprint density at radius 2 is 1.89 bits per heavy atom. The van der Waals surface area contributed by atoms with E-state index in [0.717, 1.165) is 15.7 Å². The zero-order valence-corrected chi connectivity index (χ0v) is 13.7. The monoisotopic (exact) mass is 456 g/mol. The fourth-order valence-electron chi connectivity index (χ4n) is 1.54. The van der Waals surface area contributed by atoms with Crippen molar-refractivity contribution in [2.75, 3.05) is 0 Å². The Balaban J connectivity index is 2.63. The highest BCUT2D eigenvalue weighted by Crippen LogP contribution is 2.28. The number of carbonyl (C=O) groups excluding carboxylic acids is 1. The first-order valence-corrected chi connectivity index (χ1v) is 7.30. The van der Waals surface area contributed by atoms with Crippen LogP contribution in [0.25, 0.3) is 0 Å². The standard InChI is InChI=1S/C13H5BrClF2IO/c14-8-2-1-6(18)5-7(8)13(19)11-9(15)3-4-10(16)12(11)17/h1-5H. The van der Waals surface area contributed by atoms with Crippen LogP contribution in [0.15, 0.2) is 34.8 Å². The van der Waals surface area contributed by atoms with Gasteiger partial charge in [0.15, 0.2) is 17.4 Å². The lowest BCUT2D eigenvalue weighted by Gasteiger charge is -2.08. The van der Waals surface area contributed by atoms with Crippen LogP contribution in [-0.4, -0.2) is 5.78 Å². The number of rotatable bonds is 2. The fourth-order valence-corrected chi connectivity index (χ4v) is 2.69. The largest absolute Gasteiger partial charge is 0.288 e. The van der Waals surface area contributed by atoms with Gasteiger partial charge in [-0.05, 0) is 52.9 Å².